The zero-order valence-electron chi connectivity index (χ0n) is 17.2. The molecule has 30 heavy (non-hydrogen) atoms. The van der Waals surface area contributed by atoms with Gasteiger partial charge in [-0.05, 0) is 43.0 Å². The monoisotopic (exact) mass is 406 g/mol. The number of carbonyl (C=O) groups is 2. The van der Waals surface area contributed by atoms with E-state index in [1.807, 2.05) is 19.1 Å². The second-order valence-electron chi connectivity index (χ2n) is 8.09. The van der Waals surface area contributed by atoms with E-state index >= 15 is 0 Å². The minimum absolute atomic E-state index is 0.0557. The van der Waals surface area contributed by atoms with Crippen molar-refractivity contribution >= 4 is 11.9 Å². The van der Waals surface area contributed by atoms with Crippen molar-refractivity contribution in [2.24, 2.45) is 11.8 Å². The van der Waals surface area contributed by atoms with Crippen molar-refractivity contribution in [1.29, 1.82) is 0 Å². The molecule has 0 N–H and O–H groups in total. The van der Waals surface area contributed by atoms with Crippen LogP contribution in [0.1, 0.15) is 47.4 Å². The molecular weight excluding hydrogens is 380 g/mol. The Bertz CT molecular complexity index is 913. The fourth-order valence-corrected chi connectivity index (χ4v) is 4.30. The number of ether oxygens (including phenoxy) is 3. The first-order valence-corrected chi connectivity index (χ1v) is 10.3. The Kier molecular flexibility index (Phi) is 5.73. The highest BCUT2D eigenvalue weighted by Crippen LogP contribution is 2.46. The van der Waals surface area contributed by atoms with Gasteiger partial charge >= 0.3 is 11.9 Å². The van der Waals surface area contributed by atoms with Gasteiger partial charge in [-0.15, -0.1) is 0 Å². The van der Waals surface area contributed by atoms with Crippen LogP contribution in [0.4, 0.5) is 0 Å². The van der Waals surface area contributed by atoms with Gasteiger partial charge in [-0.25, -0.2) is 9.59 Å². The molecule has 1 aliphatic carbocycles. The standard InChI is InChI=1S/C25H26O5/c1-17-18(2)25(15-9-10-16-25)30-24(29-23(27)20-13-7-4-8-14-20)21(17)28-22(26)19-11-5-3-6-12-19/h3-14,17-18,21,24H,15-16H2,1-2H3/t17-,18-,21-,24?/m1/s1. The Morgan fingerprint density at radius 3 is 1.87 bits per heavy atom. The Morgan fingerprint density at radius 1 is 0.833 bits per heavy atom. The molecule has 2 aliphatic rings. The van der Waals surface area contributed by atoms with Gasteiger partial charge in [0, 0.05) is 5.92 Å². The molecule has 0 radical (unpaired) electrons. The van der Waals surface area contributed by atoms with Crippen molar-refractivity contribution in [1.82, 2.24) is 0 Å². The number of carbonyl (C=O) groups excluding carboxylic acids is 2. The van der Waals surface area contributed by atoms with Crippen LogP contribution in [0.5, 0.6) is 0 Å². The summed E-state index contributed by atoms with van der Waals surface area (Å²) in [7, 11) is 0. The lowest BCUT2D eigenvalue weighted by molar-refractivity contribution is -0.285. The van der Waals surface area contributed by atoms with E-state index < -0.39 is 29.9 Å². The first-order chi connectivity index (χ1) is 14.5. The van der Waals surface area contributed by atoms with Crippen molar-refractivity contribution in [3.8, 4) is 0 Å². The third kappa shape index (κ3) is 3.90. The van der Waals surface area contributed by atoms with Crippen molar-refractivity contribution in [3.05, 3.63) is 83.9 Å². The topological polar surface area (TPSA) is 61.8 Å². The van der Waals surface area contributed by atoms with Gasteiger partial charge in [0.05, 0.1) is 16.7 Å². The maximum Gasteiger partial charge on any atom is 0.340 e. The van der Waals surface area contributed by atoms with Crippen LogP contribution in [-0.2, 0) is 14.2 Å². The van der Waals surface area contributed by atoms with Crippen LogP contribution in [0.25, 0.3) is 0 Å². The Labute approximate surface area is 176 Å². The van der Waals surface area contributed by atoms with Crippen LogP contribution in [0.15, 0.2) is 72.8 Å². The average Bonchev–Trinajstić information content (AvgIpc) is 3.25. The molecule has 5 heteroatoms. The van der Waals surface area contributed by atoms with E-state index in [2.05, 4.69) is 19.1 Å². The molecule has 2 aromatic carbocycles. The summed E-state index contributed by atoms with van der Waals surface area (Å²) in [5.41, 5.74) is 0.434. The van der Waals surface area contributed by atoms with Crippen LogP contribution in [0, 0.1) is 11.8 Å². The van der Waals surface area contributed by atoms with E-state index in [0.29, 0.717) is 11.1 Å². The molecule has 1 saturated heterocycles. The predicted molar refractivity (Wildman–Crippen MR) is 112 cm³/mol. The SMILES string of the molecule is C[C@@H]1[C@@H](C)C2(CC=CC2)OC(OC(=O)c2ccccc2)[C@@H]1OC(=O)c1ccccc1. The van der Waals surface area contributed by atoms with E-state index in [1.165, 1.54) is 0 Å². The first-order valence-electron chi connectivity index (χ1n) is 10.3. The van der Waals surface area contributed by atoms with Gasteiger partial charge in [-0.2, -0.15) is 0 Å². The third-order valence-corrected chi connectivity index (χ3v) is 6.33. The summed E-state index contributed by atoms with van der Waals surface area (Å²) in [6.07, 6.45) is 4.00. The predicted octanol–water partition coefficient (Wildman–Crippen LogP) is 4.79. The minimum atomic E-state index is -0.975. The molecule has 1 heterocycles. The number of benzene rings is 2. The summed E-state index contributed by atoms with van der Waals surface area (Å²) in [6, 6.07) is 17.6. The molecule has 0 bridgehead atoms. The summed E-state index contributed by atoms with van der Waals surface area (Å²) >= 11 is 0. The molecule has 156 valence electrons. The van der Waals surface area contributed by atoms with Crippen LogP contribution in [-0.4, -0.2) is 29.9 Å². The van der Waals surface area contributed by atoms with Gasteiger partial charge in [0.15, 0.2) is 6.10 Å². The Balaban J connectivity index is 1.59. The Morgan fingerprint density at radius 2 is 1.33 bits per heavy atom. The van der Waals surface area contributed by atoms with Crippen molar-refractivity contribution in [3.63, 3.8) is 0 Å². The van der Waals surface area contributed by atoms with Crippen LogP contribution in [0.2, 0.25) is 0 Å². The highest BCUT2D eigenvalue weighted by atomic mass is 16.7. The van der Waals surface area contributed by atoms with Gasteiger partial charge in [0.1, 0.15) is 0 Å². The number of hydrogen-bond acceptors (Lipinski definition) is 5. The first kappa shape index (κ1) is 20.4. The molecule has 5 nitrogen and oxygen atoms in total. The molecule has 1 aliphatic heterocycles. The molecular formula is C25H26O5. The van der Waals surface area contributed by atoms with Gasteiger partial charge in [-0.3, -0.25) is 0 Å². The maximum atomic E-state index is 12.7. The third-order valence-electron chi connectivity index (χ3n) is 6.33. The highest BCUT2D eigenvalue weighted by molar-refractivity contribution is 5.90. The lowest BCUT2D eigenvalue weighted by Crippen LogP contribution is -2.58. The van der Waals surface area contributed by atoms with Crippen LogP contribution in [0.3, 0.4) is 0 Å². The fraction of sp³-hybridized carbons (Fsp3) is 0.360. The fourth-order valence-electron chi connectivity index (χ4n) is 4.30. The maximum absolute atomic E-state index is 12.7. The Hall–Kier alpha value is -2.92. The van der Waals surface area contributed by atoms with Gasteiger partial charge in [0.25, 0.3) is 0 Å². The number of hydrogen-bond donors (Lipinski definition) is 0. The lowest BCUT2D eigenvalue weighted by atomic mass is 9.73. The number of rotatable bonds is 4. The minimum Gasteiger partial charge on any atom is -0.452 e. The summed E-state index contributed by atoms with van der Waals surface area (Å²) in [4.78, 5) is 25.5. The lowest BCUT2D eigenvalue weighted by Gasteiger charge is -2.49. The normalized spacial score (nSPS) is 27.0. The molecule has 1 spiro atoms. The van der Waals surface area contributed by atoms with E-state index in [4.69, 9.17) is 14.2 Å². The zero-order chi connectivity index (χ0) is 21.1. The largest absolute Gasteiger partial charge is 0.452 e. The molecule has 0 saturated carbocycles. The van der Waals surface area contributed by atoms with Crippen molar-refractivity contribution < 1.29 is 23.8 Å². The van der Waals surface area contributed by atoms with Gasteiger partial charge in [0.2, 0.25) is 6.29 Å². The molecule has 1 fully saturated rings. The van der Waals surface area contributed by atoms with Crippen molar-refractivity contribution in [2.75, 3.05) is 0 Å². The molecule has 0 aromatic heterocycles. The smallest absolute Gasteiger partial charge is 0.340 e. The van der Waals surface area contributed by atoms with Crippen LogP contribution >= 0.6 is 0 Å². The molecule has 4 atom stereocenters. The van der Waals surface area contributed by atoms with Gasteiger partial charge < -0.3 is 14.2 Å². The van der Waals surface area contributed by atoms with E-state index in [1.54, 1.807) is 48.5 Å². The summed E-state index contributed by atoms with van der Waals surface area (Å²) in [5, 5.41) is 0. The van der Waals surface area contributed by atoms with Gasteiger partial charge in [-0.1, -0.05) is 62.4 Å². The van der Waals surface area contributed by atoms with E-state index in [-0.39, 0.29) is 11.8 Å². The number of esters is 2. The van der Waals surface area contributed by atoms with E-state index in [0.717, 1.165) is 12.8 Å². The molecule has 0 amide bonds. The van der Waals surface area contributed by atoms with E-state index in [9.17, 15) is 9.59 Å². The summed E-state index contributed by atoms with van der Waals surface area (Å²) in [6.45, 7) is 4.13. The molecule has 1 unspecified atom stereocenters. The second-order valence-corrected chi connectivity index (χ2v) is 8.09. The quantitative estimate of drug-likeness (QED) is 0.540. The second kappa shape index (κ2) is 8.44. The zero-order valence-corrected chi connectivity index (χ0v) is 17.2. The average molecular weight is 406 g/mol. The van der Waals surface area contributed by atoms with Crippen LogP contribution < -0.4 is 0 Å². The van der Waals surface area contributed by atoms with Crippen molar-refractivity contribution in [2.45, 2.75) is 44.7 Å². The summed E-state index contributed by atoms with van der Waals surface area (Å²) < 4.78 is 18.0. The highest BCUT2D eigenvalue weighted by Gasteiger charge is 2.53. The molecule has 2 aromatic rings. The molecule has 4 rings (SSSR count). The summed E-state index contributed by atoms with van der Waals surface area (Å²) in [5.74, 6) is -0.888.